The van der Waals surface area contributed by atoms with Gasteiger partial charge in [0.25, 0.3) is 5.91 Å². The van der Waals surface area contributed by atoms with Crippen molar-refractivity contribution in [3.63, 3.8) is 0 Å². The third-order valence-corrected chi connectivity index (χ3v) is 3.81. The number of para-hydroxylation sites is 1. The molecule has 0 radical (unpaired) electrons. The van der Waals surface area contributed by atoms with Crippen molar-refractivity contribution < 1.29 is 4.79 Å². The number of pyridine rings is 1. The van der Waals surface area contributed by atoms with Gasteiger partial charge in [0.2, 0.25) is 5.56 Å². The Balaban J connectivity index is 1.86. The summed E-state index contributed by atoms with van der Waals surface area (Å²) in [6.45, 7) is 0.561. The van der Waals surface area contributed by atoms with Crippen molar-refractivity contribution in [2.45, 2.75) is 6.42 Å². The molecular formula is C20H18N2O2. The standard InChI is InChI=1S/C20H18N2O2/c23-19-12-11-17(15-21-19)20(24)22(18-9-5-2-6-10-18)14-13-16-7-3-1-4-8-16/h1-12,15H,13-14H2,(H,21,23). The van der Waals surface area contributed by atoms with Crippen LogP contribution in [-0.4, -0.2) is 17.4 Å². The summed E-state index contributed by atoms with van der Waals surface area (Å²) in [7, 11) is 0. The lowest BCUT2D eigenvalue weighted by molar-refractivity contribution is 0.0987. The van der Waals surface area contributed by atoms with E-state index in [4.69, 9.17) is 0 Å². The summed E-state index contributed by atoms with van der Waals surface area (Å²) >= 11 is 0. The predicted octanol–water partition coefficient (Wildman–Crippen LogP) is 3.26. The number of hydrogen-bond acceptors (Lipinski definition) is 2. The van der Waals surface area contributed by atoms with Crippen LogP contribution in [0.4, 0.5) is 5.69 Å². The van der Waals surface area contributed by atoms with E-state index < -0.39 is 0 Å². The minimum Gasteiger partial charge on any atom is -0.328 e. The third-order valence-electron chi connectivity index (χ3n) is 3.81. The zero-order valence-corrected chi connectivity index (χ0v) is 13.2. The van der Waals surface area contributed by atoms with Crippen LogP contribution in [0.5, 0.6) is 0 Å². The summed E-state index contributed by atoms with van der Waals surface area (Å²) < 4.78 is 0. The molecule has 4 nitrogen and oxygen atoms in total. The summed E-state index contributed by atoms with van der Waals surface area (Å²) in [5.74, 6) is -0.131. The maximum absolute atomic E-state index is 12.9. The molecule has 1 aromatic heterocycles. The first-order chi connectivity index (χ1) is 11.7. The highest BCUT2D eigenvalue weighted by Gasteiger charge is 2.17. The highest BCUT2D eigenvalue weighted by molar-refractivity contribution is 6.05. The molecule has 1 heterocycles. The number of carbonyl (C=O) groups is 1. The molecule has 0 fully saturated rings. The number of amides is 1. The summed E-state index contributed by atoms with van der Waals surface area (Å²) in [5, 5.41) is 0. The van der Waals surface area contributed by atoms with Gasteiger partial charge in [0.05, 0.1) is 5.56 Å². The number of anilines is 1. The van der Waals surface area contributed by atoms with Crippen LogP contribution in [0.2, 0.25) is 0 Å². The Morgan fingerprint density at radius 1 is 0.875 bits per heavy atom. The van der Waals surface area contributed by atoms with E-state index in [9.17, 15) is 9.59 Å². The Bertz CT molecular complexity index is 837. The molecule has 0 saturated carbocycles. The van der Waals surface area contributed by atoms with Gasteiger partial charge in [-0.15, -0.1) is 0 Å². The number of nitrogens with zero attached hydrogens (tertiary/aromatic N) is 1. The molecule has 4 heteroatoms. The summed E-state index contributed by atoms with van der Waals surface area (Å²) in [4.78, 5) is 28.4. The van der Waals surface area contributed by atoms with Gasteiger partial charge in [0.1, 0.15) is 0 Å². The van der Waals surface area contributed by atoms with Gasteiger partial charge < -0.3 is 9.88 Å². The Morgan fingerprint density at radius 3 is 2.17 bits per heavy atom. The van der Waals surface area contributed by atoms with E-state index in [2.05, 4.69) is 4.98 Å². The second-order valence-corrected chi connectivity index (χ2v) is 5.47. The number of benzene rings is 2. The van der Waals surface area contributed by atoms with Crippen LogP contribution in [-0.2, 0) is 6.42 Å². The van der Waals surface area contributed by atoms with Crippen LogP contribution >= 0.6 is 0 Å². The Kier molecular flexibility index (Phi) is 4.87. The fraction of sp³-hybridized carbons (Fsp3) is 0.100. The molecule has 0 aliphatic rings. The van der Waals surface area contributed by atoms with Crippen molar-refractivity contribution in [3.8, 4) is 0 Å². The van der Waals surface area contributed by atoms with Crippen LogP contribution in [0.3, 0.4) is 0 Å². The zero-order chi connectivity index (χ0) is 16.8. The molecule has 0 aliphatic carbocycles. The quantitative estimate of drug-likeness (QED) is 0.785. The van der Waals surface area contributed by atoms with Gasteiger partial charge in [-0.05, 0) is 30.2 Å². The van der Waals surface area contributed by atoms with Gasteiger partial charge in [-0.1, -0.05) is 48.5 Å². The van der Waals surface area contributed by atoms with Crippen LogP contribution < -0.4 is 10.5 Å². The van der Waals surface area contributed by atoms with E-state index in [0.29, 0.717) is 12.1 Å². The number of nitrogens with one attached hydrogen (secondary N) is 1. The number of rotatable bonds is 5. The van der Waals surface area contributed by atoms with Crippen molar-refractivity contribution in [3.05, 3.63) is 100 Å². The number of H-pyrrole nitrogens is 1. The summed E-state index contributed by atoms with van der Waals surface area (Å²) in [5.41, 5.74) is 2.26. The lowest BCUT2D eigenvalue weighted by Crippen LogP contribution is -2.33. The minimum absolute atomic E-state index is 0.131. The highest BCUT2D eigenvalue weighted by atomic mass is 16.2. The fourth-order valence-corrected chi connectivity index (χ4v) is 2.54. The highest BCUT2D eigenvalue weighted by Crippen LogP contribution is 2.17. The number of carbonyl (C=O) groups excluding carboxylic acids is 1. The van der Waals surface area contributed by atoms with Crippen LogP contribution in [0.1, 0.15) is 15.9 Å². The normalized spacial score (nSPS) is 10.3. The van der Waals surface area contributed by atoms with Crippen molar-refractivity contribution in [1.82, 2.24) is 4.98 Å². The van der Waals surface area contributed by atoms with E-state index in [0.717, 1.165) is 12.1 Å². The van der Waals surface area contributed by atoms with Crippen molar-refractivity contribution in [1.29, 1.82) is 0 Å². The molecule has 0 saturated heterocycles. The molecule has 0 spiro atoms. The number of aromatic amines is 1. The maximum atomic E-state index is 12.9. The van der Waals surface area contributed by atoms with Gasteiger partial charge in [-0.3, -0.25) is 9.59 Å². The van der Waals surface area contributed by atoms with Crippen molar-refractivity contribution >= 4 is 11.6 Å². The number of hydrogen-bond donors (Lipinski definition) is 1. The molecule has 120 valence electrons. The monoisotopic (exact) mass is 318 g/mol. The van der Waals surface area contributed by atoms with Crippen molar-refractivity contribution in [2.24, 2.45) is 0 Å². The van der Waals surface area contributed by atoms with E-state index in [-0.39, 0.29) is 11.5 Å². The minimum atomic E-state index is -0.220. The van der Waals surface area contributed by atoms with Gasteiger partial charge in [-0.2, -0.15) is 0 Å². The average Bonchev–Trinajstić information content (AvgIpc) is 2.64. The molecule has 0 unspecified atom stereocenters. The zero-order valence-electron chi connectivity index (χ0n) is 13.2. The molecule has 1 N–H and O–H groups in total. The Hall–Kier alpha value is -3.14. The fourth-order valence-electron chi connectivity index (χ4n) is 2.54. The summed E-state index contributed by atoms with van der Waals surface area (Å²) in [6, 6.07) is 22.5. The SMILES string of the molecule is O=C(c1ccc(=O)[nH]c1)N(CCc1ccccc1)c1ccccc1. The lowest BCUT2D eigenvalue weighted by atomic mass is 10.1. The topological polar surface area (TPSA) is 53.2 Å². The van der Waals surface area contributed by atoms with E-state index in [1.807, 2.05) is 60.7 Å². The van der Waals surface area contributed by atoms with Gasteiger partial charge in [0.15, 0.2) is 0 Å². The third kappa shape index (κ3) is 3.79. The predicted molar refractivity (Wildman–Crippen MR) is 95.3 cm³/mol. The van der Waals surface area contributed by atoms with E-state index in [1.54, 1.807) is 11.0 Å². The van der Waals surface area contributed by atoms with Gasteiger partial charge >= 0.3 is 0 Å². The largest absolute Gasteiger partial charge is 0.328 e. The van der Waals surface area contributed by atoms with Crippen molar-refractivity contribution in [2.75, 3.05) is 11.4 Å². The average molecular weight is 318 g/mol. The lowest BCUT2D eigenvalue weighted by Gasteiger charge is -2.23. The van der Waals surface area contributed by atoms with Gasteiger partial charge in [0, 0.05) is 24.5 Å². The first-order valence-corrected chi connectivity index (χ1v) is 7.83. The molecule has 2 aromatic carbocycles. The molecule has 3 rings (SSSR count). The molecular weight excluding hydrogens is 300 g/mol. The summed E-state index contributed by atoms with van der Waals surface area (Å²) in [6.07, 6.45) is 2.22. The molecule has 0 atom stereocenters. The van der Waals surface area contributed by atoms with E-state index in [1.165, 1.54) is 17.8 Å². The molecule has 24 heavy (non-hydrogen) atoms. The number of aromatic nitrogens is 1. The van der Waals surface area contributed by atoms with Crippen LogP contribution in [0.25, 0.3) is 0 Å². The first kappa shape index (κ1) is 15.7. The van der Waals surface area contributed by atoms with Gasteiger partial charge in [-0.25, -0.2) is 0 Å². The van der Waals surface area contributed by atoms with E-state index >= 15 is 0 Å². The second-order valence-electron chi connectivity index (χ2n) is 5.47. The molecule has 1 amide bonds. The maximum Gasteiger partial charge on any atom is 0.259 e. The smallest absolute Gasteiger partial charge is 0.259 e. The van der Waals surface area contributed by atoms with Crippen LogP contribution in [0, 0.1) is 0 Å². The Labute approximate surface area is 140 Å². The first-order valence-electron chi connectivity index (χ1n) is 7.83. The molecule has 3 aromatic rings. The second kappa shape index (κ2) is 7.42. The Morgan fingerprint density at radius 2 is 1.54 bits per heavy atom. The molecule has 0 aliphatic heterocycles. The molecule has 0 bridgehead atoms. The van der Waals surface area contributed by atoms with Crippen LogP contribution in [0.15, 0.2) is 83.8 Å².